The maximum Gasteiger partial charge on any atom is 0.0662 e. The van der Waals surface area contributed by atoms with E-state index in [1.807, 2.05) is 12.1 Å². The molecular weight excluding hydrogens is 164 g/mol. The van der Waals surface area contributed by atoms with Crippen LogP contribution in [0.4, 0.5) is 0 Å². The van der Waals surface area contributed by atoms with Crippen LogP contribution >= 0.6 is 0 Å². The van der Waals surface area contributed by atoms with Gasteiger partial charge in [-0.25, -0.2) is 0 Å². The molecule has 0 aliphatic heterocycles. The van der Waals surface area contributed by atoms with Gasteiger partial charge in [0.2, 0.25) is 0 Å². The maximum absolute atomic E-state index is 9.24. The fourth-order valence-electron chi connectivity index (χ4n) is 1.96. The number of aryl methyl sites for hydroxylation is 1. The molecule has 0 saturated heterocycles. The molecule has 13 heavy (non-hydrogen) atoms. The summed E-state index contributed by atoms with van der Waals surface area (Å²) in [5.74, 6) is 0. The highest BCUT2D eigenvalue weighted by Gasteiger charge is 2.32. The van der Waals surface area contributed by atoms with Crippen molar-refractivity contribution in [2.45, 2.75) is 24.8 Å². The van der Waals surface area contributed by atoms with Gasteiger partial charge in [-0.05, 0) is 30.9 Å². The number of hydrogen-bond acceptors (Lipinski definition) is 3. The molecule has 2 rings (SSSR count). The summed E-state index contributed by atoms with van der Waals surface area (Å²) >= 11 is 0. The van der Waals surface area contributed by atoms with Gasteiger partial charge in [0.1, 0.15) is 0 Å². The minimum absolute atomic E-state index is 0.00565. The van der Waals surface area contributed by atoms with Gasteiger partial charge in [0.15, 0.2) is 0 Å². The first-order chi connectivity index (χ1) is 6.26. The minimum Gasteiger partial charge on any atom is -0.394 e. The van der Waals surface area contributed by atoms with Crippen LogP contribution in [0, 0.1) is 0 Å². The van der Waals surface area contributed by atoms with Crippen molar-refractivity contribution in [1.82, 2.24) is 4.98 Å². The summed E-state index contributed by atoms with van der Waals surface area (Å²) in [7, 11) is 0. The molecule has 0 amide bonds. The lowest BCUT2D eigenvalue weighted by atomic mass is 9.80. The summed E-state index contributed by atoms with van der Waals surface area (Å²) in [6.45, 7) is 0.00565. The van der Waals surface area contributed by atoms with Gasteiger partial charge in [0.05, 0.1) is 12.1 Å². The van der Waals surface area contributed by atoms with Gasteiger partial charge in [-0.2, -0.15) is 0 Å². The number of nitrogens with zero attached hydrogens (tertiary/aromatic N) is 1. The van der Waals surface area contributed by atoms with E-state index >= 15 is 0 Å². The van der Waals surface area contributed by atoms with Crippen LogP contribution in [0.15, 0.2) is 18.3 Å². The van der Waals surface area contributed by atoms with E-state index in [0.29, 0.717) is 0 Å². The molecule has 1 aliphatic carbocycles. The number of nitrogens with two attached hydrogens (primary N) is 1. The van der Waals surface area contributed by atoms with Gasteiger partial charge in [0, 0.05) is 11.9 Å². The Bertz CT molecular complexity index is 314. The molecular formula is C10H14N2O. The lowest BCUT2D eigenvalue weighted by Crippen LogP contribution is -2.43. The van der Waals surface area contributed by atoms with E-state index in [0.717, 1.165) is 30.5 Å². The molecule has 0 bridgehead atoms. The zero-order valence-corrected chi connectivity index (χ0v) is 7.53. The average Bonchev–Trinajstić information content (AvgIpc) is 2.19. The first-order valence-electron chi connectivity index (χ1n) is 4.60. The highest BCUT2D eigenvalue weighted by molar-refractivity contribution is 5.30. The number of aliphatic hydroxyl groups is 1. The molecule has 0 radical (unpaired) electrons. The molecule has 0 saturated carbocycles. The Morgan fingerprint density at radius 3 is 3.23 bits per heavy atom. The van der Waals surface area contributed by atoms with Gasteiger partial charge in [-0.15, -0.1) is 0 Å². The number of rotatable bonds is 1. The fourth-order valence-corrected chi connectivity index (χ4v) is 1.96. The Balaban J connectivity index is 2.48. The lowest BCUT2D eigenvalue weighted by Gasteiger charge is -2.33. The minimum atomic E-state index is -0.554. The van der Waals surface area contributed by atoms with Gasteiger partial charge < -0.3 is 10.8 Å². The summed E-state index contributed by atoms with van der Waals surface area (Å²) in [6.07, 6.45) is 4.63. The summed E-state index contributed by atoms with van der Waals surface area (Å²) < 4.78 is 0. The van der Waals surface area contributed by atoms with Crippen molar-refractivity contribution in [3.63, 3.8) is 0 Å². The highest BCUT2D eigenvalue weighted by Crippen LogP contribution is 2.31. The molecule has 0 aromatic carbocycles. The summed E-state index contributed by atoms with van der Waals surface area (Å²) in [5.41, 5.74) is 7.59. The van der Waals surface area contributed by atoms with Gasteiger partial charge in [0.25, 0.3) is 0 Å². The second-order valence-corrected chi connectivity index (χ2v) is 3.67. The predicted octanol–water partition coefficient (Wildman–Crippen LogP) is 0.564. The molecule has 0 spiro atoms. The van der Waals surface area contributed by atoms with Crippen LogP contribution in [0.25, 0.3) is 0 Å². The quantitative estimate of drug-likeness (QED) is 0.660. The van der Waals surface area contributed by atoms with E-state index in [-0.39, 0.29) is 6.61 Å². The molecule has 3 nitrogen and oxygen atoms in total. The zero-order valence-electron chi connectivity index (χ0n) is 7.53. The SMILES string of the molecule is NC1(CO)CCCc2ncccc21. The Hall–Kier alpha value is -0.930. The monoisotopic (exact) mass is 178 g/mol. The fraction of sp³-hybridized carbons (Fsp3) is 0.500. The third-order valence-electron chi connectivity index (χ3n) is 2.75. The maximum atomic E-state index is 9.24. The molecule has 1 aliphatic rings. The molecule has 1 aromatic heterocycles. The molecule has 1 atom stereocenters. The van der Waals surface area contributed by atoms with E-state index in [1.54, 1.807) is 6.20 Å². The third-order valence-corrected chi connectivity index (χ3v) is 2.75. The Labute approximate surface area is 77.6 Å². The van der Waals surface area contributed by atoms with Gasteiger partial charge >= 0.3 is 0 Å². The van der Waals surface area contributed by atoms with Crippen molar-refractivity contribution in [2.24, 2.45) is 5.73 Å². The van der Waals surface area contributed by atoms with Crippen LogP contribution in [0.2, 0.25) is 0 Å². The number of fused-ring (bicyclic) bond motifs is 1. The number of aliphatic hydroxyl groups excluding tert-OH is 1. The molecule has 1 aromatic rings. The van der Waals surface area contributed by atoms with Crippen molar-refractivity contribution in [2.75, 3.05) is 6.61 Å². The van der Waals surface area contributed by atoms with Crippen LogP contribution in [0.1, 0.15) is 24.1 Å². The Morgan fingerprint density at radius 2 is 2.46 bits per heavy atom. The predicted molar refractivity (Wildman–Crippen MR) is 50.1 cm³/mol. The molecule has 1 unspecified atom stereocenters. The molecule has 70 valence electrons. The number of aromatic nitrogens is 1. The third kappa shape index (κ3) is 1.34. The van der Waals surface area contributed by atoms with Crippen molar-refractivity contribution in [3.8, 4) is 0 Å². The normalized spacial score (nSPS) is 26.9. The first kappa shape index (κ1) is 8.66. The second kappa shape index (κ2) is 3.09. The second-order valence-electron chi connectivity index (χ2n) is 3.67. The zero-order chi connectivity index (χ0) is 9.31. The molecule has 0 fully saturated rings. The lowest BCUT2D eigenvalue weighted by molar-refractivity contribution is 0.178. The summed E-state index contributed by atoms with van der Waals surface area (Å²) in [4.78, 5) is 4.27. The van der Waals surface area contributed by atoms with E-state index in [2.05, 4.69) is 4.98 Å². The molecule has 3 N–H and O–H groups in total. The van der Waals surface area contributed by atoms with Gasteiger partial charge in [-0.1, -0.05) is 6.07 Å². The van der Waals surface area contributed by atoms with Crippen LogP contribution in [-0.4, -0.2) is 16.7 Å². The van der Waals surface area contributed by atoms with Crippen LogP contribution in [0.3, 0.4) is 0 Å². The molecule has 1 heterocycles. The number of pyridine rings is 1. The standard InChI is InChI=1S/C10H14N2O/c11-10(7-13)5-1-4-9-8(10)3-2-6-12-9/h2-3,6,13H,1,4-5,7,11H2. The Morgan fingerprint density at radius 1 is 1.62 bits per heavy atom. The van der Waals surface area contributed by atoms with Crippen LogP contribution in [0.5, 0.6) is 0 Å². The van der Waals surface area contributed by atoms with Gasteiger partial charge in [-0.3, -0.25) is 4.98 Å². The Kier molecular flexibility index (Phi) is 2.06. The number of hydrogen-bond donors (Lipinski definition) is 2. The van der Waals surface area contributed by atoms with E-state index in [1.165, 1.54) is 0 Å². The largest absolute Gasteiger partial charge is 0.394 e. The van der Waals surface area contributed by atoms with E-state index in [9.17, 15) is 5.11 Å². The van der Waals surface area contributed by atoms with Crippen molar-refractivity contribution in [3.05, 3.63) is 29.6 Å². The van der Waals surface area contributed by atoms with Crippen molar-refractivity contribution < 1.29 is 5.11 Å². The smallest absolute Gasteiger partial charge is 0.0662 e. The van der Waals surface area contributed by atoms with E-state index in [4.69, 9.17) is 5.73 Å². The van der Waals surface area contributed by atoms with Crippen molar-refractivity contribution in [1.29, 1.82) is 0 Å². The van der Waals surface area contributed by atoms with Crippen LogP contribution in [-0.2, 0) is 12.0 Å². The van der Waals surface area contributed by atoms with E-state index < -0.39 is 5.54 Å². The topological polar surface area (TPSA) is 59.1 Å². The average molecular weight is 178 g/mol. The van der Waals surface area contributed by atoms with Crippen molar-refractivity contribution >= 4 is 0 Å². The van der Waals surface area contributed by atoms with Crippen LogP contribution < -0.4 is 5.73 Å². The summed E-state index contributed by atoms with van der Waals surface area (Å²) in [5, 5.41) is 9.24. The highest BCUT2D eigenvalue weighted by atomic mass is 16.3. The summed E-state index contributed by atoms with van der Waals surface area (Å²) in [6, 6.07) is 3.85. The first-order valence-corrected chi connectivity index (χ1v) is 4.60. The molecule has 3 heteroatoms.